The van der Waals surface area contributed by atoms with Gasteiger partial charge in [-0.2, -0.15) is 0 Å². The highest BCUT2D eigenvalue weighted by Crippen LogP contribution is 2.00. The first-order valence-corrected chi connectivity index (χ1v) is 6.11. The Hall–Kier alpha value is -0.930. The second-order valence-corrected chi connectivity index (χ2v) is 4.20. The molecule has 1 rings (SSSR count). The SMILES string of the molecule is CCCNCCCN(C)Cc1cccnc1. The standard InChI is InChI=1S/C13H23N3/c1-3-7-14-9-5-10-16(2)12-13-6-4-8-15-11-13/h4,6,8,11,14H,3,5,7,9-10,12H2,1-2H3. The van der Waals surface area contributed by atoms with Crippen LogP contribution < -0.4 is 5.32 Å². The Kier molecular flexibility index (Phi) is 6.77. The van der Waals surface area contributed by atoms with Crippen LogP contribution in [0.5, 0.6) is 0 Å². The number of hydrogen-bond acceptors (Lipinski definition) is 3. The lowest BCUT2D eigenvalue weighted by Gasteiger charge is -2.16. The molecule has 0 atom stereocenters. The Bertz CT molecular complexity index is 261. The molecule has 3 nitrogen and oxygen atoms in total. The number of hydrogen-bond donors (Lipinski definition) is 1. The summed E-state index contributed by atoms with van der Waals surface area (Å²) in [5.74, 6) is 0. The Balaban J connectivity index is 2.09. The molecule has 1 heterocycles. The lowest BCUT2D eigenvalue weighted by atomic mass is 10.2. The molecule has 90 valence electrons. The van der Waals surface area contributed by atoms with Gasteiger partial charge < -0.3 is 10.2 Å². The number of nitrogens with one attached hydrogen (secondary N) is 1. The maximum absolute atomic E-state index is 4.12. The first-order chi connectivity index (χ1) is 7.83. The molecule has 3 heteroatoms. The third-order valence-electron chi connectivity index (χ3n) is 2.50. The summed E-state index contributed by atoms with van der Waals surface area (Å²) in [6, 6.07) is 4.12. The molecule has 0 radical (unpaired) electrons. The number of rotatable bonds is 8. The fourth-order valence-electron chi connectivity index (χ4n) is 1.66. The fraction of sp³-hybridized carbons (Fsp3) is 0.615. The van der Waals surface area contributed by atoms with Crippen molar-refractivity contribution in [3.05, 3.63) is 30.1 Å². The van der Waals surface area contributed by atoms with Gasteiger partial charge in [-0.1, -0.05) is 13.0 Å². The number of pyridine rings is 1. The highest BCUT2D eigenvalue weighted by molar-refractivity contribution is 5.07. The molecule has 16 heavy (non-hydrogen) atoms. The van der Waals surface area contributed by atoms with E-state index in [0.717, 1.165) is 26.2 Å². The minimum atomic E-state index is 0.988. The van der Waals surface area contributed by atoms with Crippen molar-refractivity contribution >= 4 is 0 Å². The van der Waals surface area contributed by atoms with Crippen LogP contribution in [-0.4, -0.2) is 36.6 Å². The minimum Gasteiger partial charge on any atom is -0.317 e. The van der Waals surface area contributed by atoms with Crippen molar-refractivity contribution in [2.45, 2.75) is 26.3 Å². The zero-order valence-corrected chi connectivity index (χ0v) is 10.4. The summed E-state index contributed by atoms with van der Waals surface area (Å²) >= 11 is 0. The van der Waals surface area contributed by atoms with E-state index in [0.29, 0.717) is 0 Å². The van der Waals surface area contributed by atoms with Crippen LogP contribution in [0.2, 0.25) is 0 Å². The predicted molar refractivity (Wildman–Crippen MR) is 68.3 cm³/mol. The topological polar surface area (TPSA) is 28.2 Å². The molecule has 0 aromatic carbocycles. The van der Waals surface area contributed by atoms with Crippen LogP contribution in [0, 0.1) is 0 Å². The molecule has 0 spiro atoms. The smallest absolute Gasteiger partial charge is 0.0312 e. The molecule has 1 N–H and O–H groups in total. The van der Waals surface area contributed by atoms with Gasteiger partial charge in [0.05, 0.1) is 0 Å². The Morgan fingerprint density at radius 1 is 1.38 bits per heavy atom. The first kappa shape index (κ1) is 13.1. The summed E-state index contributed by atoms with van der Waals surface area (Å²) in [6.07, 6.45) is 6.17. The van der Waals surface area contributed by atoms with E-state index in [4.69, 9.17) is 0 Å². The van der Waals surface area contributed by atoms with Gasteiger partial charge in [0.25, 0.3) is 0 Å². The molecule has 0 unspecified atom stereocenters. The minimum absolute atomic E-state index is 0.988. The average molecular weight is 221 g/mol. The van der Waals surface area contributed by atoms with Crippen molar-refractivity contribution in [2.24, 2.45) is 0 Å². The molecule has 0 bridgehead atoms. The van der Waals surface area contributed by atoms with Gasteiger partial charge in [-0.15, -0.1) is 0 Å². The van der Waals surface area contributed by atoms with Crippen molar-refractivity contribution < 1.29 is 0 Å². The van der Waals surface area contributed by atoms with Gasteiger partial charge >= 0.3 is 0 Å². The van der Waals surface area contributed by atoms with E-state index in [1.54, 1.807) is 0 Å². The van der Waals surface area contributed by atoms with Crippen molar-refractivity contribution in [3.63, 3.8) is 0 Å². The second kappa shape index (κ2) is 8.25. The number of nitrogens with zero attached hydrogens (tertiary/aromatic N) is 2. The summed E-state index contributed by atoms with van der Waals surface area (Å²) in [4.78, 5) is 6.46. The molecule has 0 aliphatic rings. The van der Waals surface area contributed by atoms with E-state index in [-0.39, 0.29) is 0 Å². The van der Waals surface area contributed by atoms with E-state index in [2.05, 4.69) is 35.2 Å². The van der Waals surface area contributed by atoms with Crippen molar-refractivity contribution in [1.82, 2.24) is 15.2 Å². The van der Waals surface area contributed by atoms with Crippen molar-refractivity contribution in [3.8, 4) is 0 Å². The Morgan fingerprint density at radius 2 is 2.25 bits per heavy atom. The van der Waals surface area contributed by atoms with Crippen LogP contribution in [0.1, 0.15) is 25.3 Å². The van der Waals surface area contributed by atoms with E-state index in [1.807, 2.05) is 18.5 Å². The van der Waals surface area contributed by atoms with Gasteiger partial charge in [0.15, 0.2) is 0 Å². The van der Waals surface area contributed by atoms with E-state index >= 15 is 0 Å². The molecule has 0 fully saturated rings. The van der Waals surface area contributed by atoms with Crippen LogP contribution >= 0.6 is 0 Å². The summed E-state index contributed by atoms with van der Waals surface area (Å²) in [5, 5.41) is 3.42. The molecular weight excluding hydrogens is 198 g/mol. The zero-order chi connectivity index (χ0) is 11.6. The highest BCUT2D eigenvalue weighted by Gasteiger charge is 1.99. The molecule has 1 aromatic rings. The fourth-order valence-corrected chi connectivity index (χ4v) is 1.66. The van der Waals surface area contributed by atoms with Crippen LogP contribution in [0.4, 0.5) is 0 Å². The molecule has 1 aromatic heterocycles. The summed E-state index contributed by atoms with van der Waals surface area (Å²) < 4.78 is 0. The molecular formula is C13H23N3. The quantitative estimate of drug-likeness (QED) is 0.680. The highest BCUT2D eigenvalue weighted by atomic mass is 15.1. The summed E-state index contributed by atoms with van der Waals surface area (Å²) in [6.45, 7) is 6.56. The molecule has 0 aliphatic carbocycles. The largest absolute Gasteiger partial charge is 0.317 e. The van der Waals surface area contributed by atoms with Gasteiger partial charge in [-0.05, 0) is 51.2 Å². The van der Waals surface area contributed by atoms with Crippen molar-refractivity contribution in [2.75, 3.05) is 26.7 Å². The number of aromatic nitrogens is 1. The van der Waals surface area contributed by atoms with Gasteiger partial charge in [0.1, 0.15) is 0 Å². The van der Waals surface area contributed by atoms with Crippen LogP contribution in [-0.2, 0) is 6.54 Å². The van der Waals surface area contributed by atoms with Crippen LogP contribution in [0.15, 0.2) is 24.5 Å². The van der Waals surface area contributed by atoms with E-state index < -0.39 is 0 Å². The van der Waals surface area contributed by atoms with E-state index in [9.17, 15) is 0 Å². The van der Waals surface area contributed by atoms with Crippen LogP contribution in [0.3, 0.4) is 0 Å². The van der Waals surface area contributed by atoms with Gasteiger partial charge in [0, 0.05) is 18.9 Å². The zero-order valence-electron chi connectivity index (χ0n) is 10.4. The van der Waals surface area contributed by atoms with Gasteiger partial charge in [-0.25, -0.2) is 0 Å². The third kappa shape index (κ3) is 5.83. The molecule has 0 aliphatic heterocycles. The predicted octanol–water partition coefficient (Wildman–Crippen LogP) is 1.90. The lowest BCUT2D eigenvalue weighted by Crippen LogP contribution is -2.24. The molecule has 0 amide bonds. The Labute approximate surface area is 98.9 Å². The van der Waals surface area contributed by atoms with Gasteiger partial charge in [0.2, 0.25) is 0 Å². The Morgan fingerprint density at radius 3 is 2.94 bits per heavy atom. The molecule has 0 saturated carbocycles. The van der Waals surface area contributed by atoms with E-state index in [1.165, 1.54) is 18.4 Å². The normalized spacial score (nSPS) is 10.9. The summed E-state index contributed by atoms with van der Waals surface area (Å²) in [7, 11) is 2.16. The lowest BCUT2D eigenvalue weighted by molar-refractivity contribution is 0.319. The van der Waals surface area contributed by atoms with Crippen LogP contribution in [0.25, 0.3) is 0 Å². The second-order valence-electron chi connectivity index (χ2n) is 4.20. The molecule has 0 saturated heterocycles. The maximum Gasteiger partial charge on any atom is 0.0312 e. The van der Waals surface area contributed by atoms with Gasteiger partial charge in [-0.3, -0.25) is 4.98 Å². The maximum atomic E-state index is 4.12. The van der Waals surface area contributed by atoms with Crippen molar-refractivity contribution in [1.29, 1.82) is 0 Å². The first-order valence-electron chi connectivity index (χ1n) is 6.11. The summed E-state index contributed by atoms with van der Waals surface area (Å²) in [5.41, 5.74) is 1.28. The third-order valence-corrected chi connectivity index (χ3v) is 2.50. The monoisotopic (exact) mass is 221 g/mol. The average Bonchev–Trinajstić information content (AvgIpc) is 2.30.